The monoisotopic (exact) mass is 315 g/mol. The Hall–Kier alpha value is 1.52. The van der Waals surface area contributed by atoms with Gasteiger partial charge in [0.1, 0.15) is 0 Å². The number of rotatable bonds is 0. The molecule has 0 unspecified atom stereocenters. The van der Waals surface area contributed by atoms with Crippen LogP contribution < -0.4 is 34.0 Å². The van der Waals surface area contributed by atoms with Crippen molar-refractivity contribution < 1.29 is 43.4 Å². The number of hydrogen-bond donors (Lipinski definition) is 0. The molecule has 1 saturated heterocycles. The van der Waals surface area contributed by atoms with E-state index < -0.39 is 0 Å². The minimum Gasteiger partial charge on any atom is -1.00 e. The predicted molar refractivity (Wildman–Crippen MR) is 27.4 cm³/mol. The molecular formula is C4H8Br2GaO2-2. The first kappa shape index (κ1) is 16.9. The molecule has 0 saturated carbocycles. The fourth-order valence-corrected chi connectivity index (χ4v) is 0.440. The Kier molecular flexibility index (Phi) is 22.9. The first-order chi connectivity index (χ1) is 3.00. The minimum absolute atomic E-state index is 0. The van der Waals surface area contributed by atoms with E-state index in [0.717, 1.165) is 26.4 Å². The number of hydrogen-bond acceptors (Lipinski definition) is 2. The summed E-state index contributed by atoms with van der Waals surface area (Å²) in [6, 6.07) is 0. The third kappa shape index (κ3) is 9.52. The zero-order chi connectivity index (χ0) is 4.24. The molecule has 0 bridgehead atoms. The van der Waals surface area contributed by atoms with Gasteiger partial charge in [0.2, 0.25) is 0 Å². The summed E-state index contributed by atoms with van der Waals surface area (Å²) < 4.78 is 9.89. The molecule has 1 fully saturated rings. The van der Waals surface area contributed by atoms with Gasteiger partial charge in [-0.25, -0.2) is 0 Å². The molecule has 2 nitrogen and oxygen atoms in total. The number of ether oxygens (including phenoxy) is 2. The van der Waals surface area contributed by atoms with Crippen LogP contribution in [0.5, 0.6) is 0 Å². The fourth-order valence-electron chi connectivity index (χ4n) is 0.440. The molecule has 1 rings (SSSR count). The SMILES string of the molecule is C1COCCO1.[Br-].[Br-].[Ga]. The van der Waals surface area contributed by atoms with Crippen molar-refractivity contribution in [3.05, 3.63) is 0 Å². The Morgan fingerprint density at radius 1 is 0.667 bits per heavy atom. The minimum atomic E-state index is 0. The average molecular weight is 318 g/mol. The van der Waals surface area contributed by atoms with E-state index in [1.165, 1.54) is 0 Å². The Morgan fingerprint density at radius 2 is 0.889 bits per heavy atom. The molecule has 55 valence electrons. The van der Waals surface area contributed by atoms with Crippen molar-refractivity contribution in [2.45, 2.75) is 0 Å². The van der Waals surface area contributed by atoms with Crippen molar-refractivity contribution in [3.8, 4) is 0 Å². The van der Waals surface area contributed by atoms with Gasteiger partial charge in [-0.15, -0.1) is 0 Å². The van der Waals surface area contributed by atoms with Crippen molar-refractivity contribution in [2.24, 2.45) is 0 Å². The molecule has 0 amide bonds. The molecule has 0 aromatic heterocycles. The first-order valence-electron chi connectivity index (χ1n) is 2.15. The van der Waals surface area contributed by atoms with Gasteiger partial charge in [-0.2, -0.15) is 0 Å². The molecule has 1 aliphatic rings. The summed E-state index contributed by atoms with van der Waals surface area (Å²) in [6.07, 6.45) is 0. The standard InChI is InChI=1S/C4H8O2.2BrH.Ga/c1-2-6-4-3-5-1;;;/h1-4H2;2*1H;/p-2. The van der Waals surface area contributed by atoms with E-state index in [4.69, 9.17) is 9.47 Å². The molecule has 0 aliphatic carbocycles. The first-order valence-corrected chi connectivity index (χ1v) is 2.15. The smallest absolute Gasteiger partial charge is 0.0701 e. The summed E-state index contributed by atoms with van der Waals surface area (Å²) in [6.45, 7) is 3.11. The zero-order valence-electron chi connectivity index (χ0n) is 4.98. The topological polar surface area (TPSA) is 18.5 Å². The van der Waals surface area contributed by atoms with Gasteiger partial charge in [0.15, 0.2) is 0 Å². The van der Waals surface area contributed by atoms with Gasteiger partial charge in [-0.05, 0) is 0 Å². The Bertz CT molecular complexity index is 32.0. The van der Waals surface area contributed by atoms with E-state index in [2.05, 4.69) is 0 Å². The van der Waals surface area contributed by atoms with Gasteiger partial charge in [0.05, 0.1) is 26.4 Å². The normalized spacial score (nSPS) is 16.0. The van der Waals surface area contributed by atoms with E-state index in [1.807, 2.05) is 0 Å². The van der Waals surface area contributed by atoms with Crippen molar-refractivity contribution in [1.82, 2.24) is 0 Å². The van der Waals surface area contributed by atoms with E-state index >= 15 is 0 Å². The van der Waals surface area contributed by atoms with Crippen LogP contribution in [0.3, 0.4) is 0 Å². The molecule has 0 N–H and O–H groups in total. The van der Waals surface area contributed by atoms with E-state index in [0.29, 0.717) is 0 Å². The molecule has 3 radical (unpaired) electrons. The van der Waals surface area contributed by atoms with Gasteiger partial charge in [-0.1, -0.05) is 0 Å². The molecule has 0 aromatic carbocycles. The zero-order valence-corrected chi connectivity index (χ0v) is 10.6. The van der Waals surface area contributed by atoms with E-state index in [1.54, 1.807) is 0 Å². The summed E-state index contributed by atoms with van der Waals surface area (Å²) in [5, 5.41) is 0. The Morgan fingerprint density at radius 3 is 1.00 bits per heavy atom. The maximum absolute atomic E-state index is 4.94. The van der Waals surface area contributed by atoms with Crippen LogP contribution in [0.1, 0.15) is 0 Å². The van der Waals surface area contributed by atoms with Crippen molar-refractivity contribution >= 4 is 19.8 Å². The molecule has 9 heavy (non-hydrogen) atoms. The maximum Gasteiger partial charge on any atom is 0.0701 e. The van der Waals surface area contributed by atoms with Gasteiger partial charge >= 0.3 is 0 Å². The molecule has 0 spiro atoms. The fraction of sp³-hybridized carbons (Fsp3) is 1.00. The van der Waals surface area contributed by atoms with Gasteiger partial charge < -0.3 is 43.4 Å². The molecule has 0 atom stereocenters. The van der Waals surface area contributed by atoms with Crippen LogP contribution in [0.25, 0.3) is 0 Å². The third-order valence-corrected chi connectivity index (χ3v) is 0.744. The molecular weight excluding hydrogens is 310 g/mol. The maximum atomic E-state index is 4.94. The van der Waals surface area contributed by atoms with Crippen molar-refractivity contribution in [2.75, 3.05) is 26.4 Å². The van der Waals surface area contributed by atoms with Crippen LogP contribution in [0.2, 0.25) is 0 Å². The van der Waals surface area contributed by atoms with Crippen LogP contribution in [0.4, 0.5) is 0 Å². The van der Waals surface area contributed by atoms with Crippen molar-refractivity contribution in [1.29, 1.82) is 0 Å². The van der Waals surface area contributed by atoms with Gasteiger partial charge in [0.25, 0.3) is 0 Å². The van der Waals surface area contributed by atoms with E-state index in [9.17, 15) is 0 Å². The third-order valence-electron chi connectivity index (χ3n) is 0.744. The van der Waals surface area contributed by atoms with Crippen molar-refractivity contribution in [3.63, 3.8) is 0 Å². The largest absolute Gasteiger partial charge is 1.00 e. The summed E-state index contributed by atoms with van der Waals surface area (Å²) in [4.78, 5) is 0. The second-order valence-corrected chi connectivity index (χ2v) is 1.22. The van der Waals surface area contributed by atoms with E-state index in [-0.39, 0.29) is 53.8 Å². The second-order valence-electron chi connectivity index (χ2n) is 1.22. The van der Waals surface area contributed by atoms with Crippen LogP contribution in [0.15, 0.2) is 0 Å². The Labute approximate surface area is 89.3 Å². The Balaban J connectivity index is -0.000000120. The average Bonchev–Trinajstić information content (AvgIpc) is 1.72. The number of halogens is 2. The van der Waals surface area contributed by atoms with Crippen LogP contribution in [-0.2, 0) is 9.47 Å². The molecule has 1 aliphatic heterocycles. The van der Waals surface area contributed by atoms with Crippen LogP contribution >= 0.6 is 0 Å². The summed E-state index contributed by atoms with van der Waals surface area (Å²) >= 11 is 0. The summed E-state index contributed by atoms with van der Waals surface area (Å²) in [5.74, 6) is 0. The molecule has 5 heteroatoms. The summed E-state index contributed by atoms with van der Waals surface area (Å²) in [5.41, 5.74) is 0. The summed E-state index contributed by atoms with van der Waals surface area (Å²) in [7, 11) is 0. The van der Waals surface area contributed by atoms with Crippen LogP contribution in [-0.4, -0.2) is 46.2 Å². The molecule has 1 heterocycles. The van der Waals surface area contributed by atoms with Gasteiger partial charge in [-0.3, -0.25) is 0 Å². The second kappa shape index (κ2) is 12.2. The predicted octanol–water partition coefficient (Wildman–Crippen LogP) is -6.34. The molecule has 0 aromatic rings. The van der Waals surface area contributed by atoms with Crippen LogP contribution in [0, 0.1) is 0 Å². The van der Waals surface area contributed by atoms with Gasteiger partial charge in [0, 0.05) is 19.8 Å². The quantitative estimate of drug-likeness (QED) is 0.414.